The second-order valence-electron chi connectivity index (χ2n) is 2.97. The number of aryl methyl sites for hydroxylation is 1. The van der Waals surface area contributed by atoms with Crippen LogP contribution >= 0.6 is 11.8 Å². The summed E-state index contributed by atoms with van der Waals surface area (Å²) in [7, 11) is 0. The van der Waals surface area contributed by atoms with Gasteiger partial charge in [0.05, 0.1) is 0 Å². The quantitative estimate of drug-likeness (QED) is 0.442. The van der Waals surface area contributed by atoms with E-state index >= 15 is 0 Å². The van der Waals surface area contributed by atoms with Gasteiger partial charge < -0.3 is 5.43 Å². The Kier molecular flexibility index (Phi) is 4.12. The van der Waals surface area contributed by atoms with Crippen molar-refractivity contribution < 1.29 is 0 Å². The van der Waals surface area contributed by atoms with E-state index in [2.05, 4.69) is 31.4 Å². The lowest BCUT2D eigenvalue weighted by Crippen LogP contribution is -2.06. The van der Waals surface area contributed by atoms with Gasteiger partial charge in [0.1, 0.15) is 0 Å². The van der Waals surface area contributed by atoms with Crippen LogP contribution in [0.15, 0.2) is 23.1 Å². The fraction of sp³-hybridized carbons (Fsp3) is 0.400. The Hall–Kier alpha value is -0.670. The number of nitrogen functional groups attached to an aromatic ring is 1. The first-order valence-corrected chi connectivity index (χ1v) is 5.46. The summed E-state index contributed by atoms with van der Waals surface area (Å²) in [5.41, 5.74) is 4.95. The van der Waals surface area contributed by atoms with Gasteiger partial charge in [0.15, 0.2) is 0 Å². The Labute approximate surface area is 83.9 Å². The third kappa shape index (κ3) is 2.94. The molecule has 0 fully saturated rings. The molecule has 1 aromatic rings. The average Bonchev–Trinajstić information content (AvgIpc) is 2.17. The van der Waals surface area contributed by atoms with Gasteiger partial charge in [0.25, 0.3) is 0 Å². The highest BCUT2D eigenvalue weighted by Crippen LogP contribution is 2.25. The van der Waals surface area contributed by atoms with E-state index in [-0.39, 0.29) is 0 Å². The minimum absolute atomic E-state index is 0.976. The van der Waals surface area contributed by atoms with Crippen LogP contribution in [0.2, 0.25) is 0 Å². The molecule has 0 atom stereocenters. The van der Waals surface area contributed by atoms with Crippen LogP contribution in [-0.4, -0.2) is 5.75 Å². The Morgan fingerprint density at radius 1 is 1.46 bits per heavy atom. The summed E-state index contributed by atoms with van der Waals surface area (Å²) in [5.74, 6) is 6.50. The van der Waals surface area contributed by atoms with Gasteiger partial charge in [0.2, 0.25) is 0 Å². The van der Waals surface area contributed by atoms with Crippen LogP contribution in [0.25, 0.3) is 0 Å². The first-order valence-electron chi connectivity index (χ1n) is 4.48. The SMILES string of the molecule is CCCSc1cc(NN)ccc1C. The number of hydrogen-bond acceptors (Lipinski definition) is 3. The molecule has 2 nitrogen and oxygen atoms in total. The highest BCUT2D eigenvalue weighted by Gasteiger charge is 1.99. The number of rotatable bonds is 4. The van der Waals surface area contributed by atoms with Gasteiger partial charge in [-0.2, -0.15) is 0 Å². The lowest BCUT2D eigenvalue weighted by Gasteiger charge is -2.07. The first kappa shape index (κ1) is 10.4. The van der Waals surface area contributed by atoms with Crippen LogP contribution < -0.4 is 11.3 Å². The van der Waals surface area contributed by atoms with Gasteiger partial charge >= 0.3 is 0 Å². The summed E-state index contributed by atoms with van der Waals surface area (Å²) in [4.78, 5) is 1.32. The molecule has 0 aliphatic heterocycles. The molecule has 3 heteroatoms. The molecule has 1 aromatic carbocycles. The summed E-state index contributed by atoms with van der Waals surface area (Å²) >= 11 is 1.88. The molecule has 0 radical (unpaired) electrons. The molecule has 0 bridgehead atoms. The predicted molar refractivity (Wildman–Crippen MR) is 60.0 cm³/mol. The third-order valence-electron chi connectivity index (χ3n) is 1.82. The van der Waals surface area contributed by atoms with E-state index in [4.69, 9.17) is 5.84 Å². The van der Waals surface area contributed by atoms with Crippen LogP contribution in [-0.2, 0) is 0 Å². The maximum Gasteiger partial charge on any atom is 0.0496 e. The highest BCUT2D eigenvalue weighted by molar-refractivity contribution is 7.99. The number of hydrogen-bond donors (Lipinski definition) is 2. The Morgan fingerprint density at radius 2 is 2.23 bits per heavy atom. The normalized spacial score (nSPS) is 10.1. The molecule has 0 unspecified atom stereocenters. The van der Waals surface area contributed by atoms with Gasteiger partial charge in [-0.1, -0.05) is 13.0 Å². The second kappa shape index (κ2) is 5.14. The standard InChI is InChI=1S/C10H16N2S/c1-3-6-13-10-7-9(12-11)5-4-8(10)2/h4-5,7,12H,3,6,11H2,1-2H3. The topological polar surface area (TPSA) is 38.0 Å². The van der Waals surface area contributed by atoms with Crippen molar-refractivity contribution in [3.8, 4) is 0 Å². The van der Waals surface area contributed by atoms with Crippen LogP contribution in [0.5, 0.6) is 0 Å². The van der Waals surface area contributed by atoms with Crippen molar-refractivity contribution in [1.82, 2.24) is 0 Å². The van der Waals surface area contributed by atoms with Crippen molar-refractivity contribution in [2.75, 3.05) is 11.2 Å². The van der Waals surface area contributed by atoms with Crippen molar-refractivity contribution in [2.24, 2.45) is 5.84 Å². The summed E-state index contributed by atoms with van der Waals surface area (Å²) in [5, 5.41) is 0. The van der Waals surface area contributed by atoms with E-state index in [1.54, 1.807) is 0 Å². The first-order chi connectivity index (χ1) is 6.27. The van der Waals surface area contributed by atoms with Crippen LogP contribution in [0.3, 0.4) is 0 Å². The number of nitrogens with one attached hydrogen (secondary N) is 1. The molecule has 0 amide bonds. The number of anilines is 1. The average molecular weight is 196 g/mol. The predicted octanol–water partition coefficient (Wildman–Crippen LogP) is 2.78. The molecular formula is C10H16N2S. The van der Waals surface area contributed by atoms with E-state index < -0.39 is 0 Å². The van der Waals surface area contributed by atoms with Gasteiger partial charge in [0, 0.05) is 10.6 Å². The largest absolute Gasteiger partial charge is 0.324 e. The molecule has 0 saturated carbocycles. The van der Waals surface area contributed by atoms with Crippen molar-refractivity contribution in [2.45, 2.75) is 25.2 Å². The molecule has 0 spiro atoms. The molecule has 72 valence electrons. The zero-order chi connectivity index (χ0) is 9.68. The van der Waals surface area contributed by atoms with Gasteiger partial charge in [-0.15, -0.1) is 11.8 Å². The summed E-state index contributed by atoms with van der Waals surface area (Å²) in [6, 6.07) is 6.17. The lowest BCUT2D eigenvalue weighted by molar-refractivity contribution is 1.10. The monoisotopic (exact) mass is 196 g/mol. The number of nitrogens with two attached hydrogens (primary N) is 1. The Balaban J connectivity index is 2.78. The van der Waals surface area contributed by atoms with Crippen molar-refractivity contribution >= 4 is 17.4 Å². The van der Waals surface area contributed by atoms with E-state index in [1.807, 2.05) is 17.8 Å². The Bertz CT molecular complexity index is 274. The molecule has 0 saturated heterocycles. The summed E-state index contributed by atoms with van der Waals surface area (Å²) < 4.78 is 0. The smallest absolute Gasteiger partial charge is 0.0496 e. The molecule has 1 rings (SSSR count). The van der Waals surface area contributed by atoms with Gasteiger partial charge in [-0.25, -0.2) is 0 Å². The molecule has 0 aliphatic rings. The molecule has 0 aromatic heterocycles. The molecular weight excluding hydrogens is 180 g/mol. The fourth-order valence-corrected chi connectivity index (χ4v) is 1.99. The number of benzene rings is 1. The highest BCUT2D eigenvalue weighted by atomic mass is 32.2. The van der Waals surface area contributed by atoms with Crippen molar-refractivity contribution in [3.63, 3.8) is 0 Å². The van der Waals surface area contributed by atoms with Crippen molar-refractivity contribution in [1.29, 1.82) is 0 Å². The zero-order valence-corrected chi connectivity index (χ0v) is 8.95. The van der Waals surface area contributed by atoms with Gasteiger partial charge in [-0.05, 0) is 36.8 Å². The van der Waals surface area contributed by atoms with E-state index in [0.29, 0.717) is 0 Å². The van der Waals surface area contributed by atoms with Crippen molar-refractivity contribution in [3.05, 3.63) is 23.8 Å². The van der Waals surface area contributed by atoms with E-state index in [9.17, 15) is 0 Å². The minimum atomic E-state index is 0.976. The maximum absolute atomic E-state index is 5.34. The van der Waals surface area contributed by atoms with Crippen LogP contribution in [0.1, 0.15) is 18.9 Å². The number of thioether (sulfide) groups is 1. The molecule has 0 heterocycles. The molecule has 3 N–H and O–H groups in total. The minimum Gasteiger partial charge on any atom is -0.324 e. The molecule has 0 aliphatic carbocycles. The Morgan fingerprint density at radius 3 is 2.85 bits per heavy atom. The summed E-state index contributed by atoms with van der Waals surface area (Å²) in [6.45, 7) is 4.31. The van der Waals surface area contributed by atoms with Gasteiger partial charge in [-0.3, -0.25) is 5.84 Å². The van der Waals surface area contributed by atoms with Crippen LogP contribution in [0.4, 0.5) is 5.69 Å². The van der Waals surface area contributed by atoms with E-state index in [0.717, 1.165) is 11.4 Å². The third-order valence-corrected chi connectivity index (χ3v) is 3.18. The fourth-order valence-electron chi connectivity index (χ4n) is 1.06. The van der Waals surface area contributed by atoms with E-state index in [1.165, 1.54) is 16.9 Å². The lowest BCUT2D eigenvalue weighted by atomic mass is 10.2. The second-order valence-corrected chi connectivity index (χ2v) is 4.11. The molecule has 13 heavy (non-hydrogen) atoms. The van der Waals surface area contributed by atoms with Crippen LogP contribution in [0, 0.1) is 6.92 Å². The number of hydrazine groups is 1. The maximum atomic E-state index is 5.34. The zero-order valence-electron chi connectivity index (χ0n) is 8.13. The summed E-state index contributed by atoms with van der Waals surface area (Å²) in [6.07, 6.45) is 1.20.